The normalized spacial score (nSPS) is 12.1. The minimum atomic E-state index is 0.353. The Kier molecular flexibility index (Phi) is 4.98. The maximum Gasteiger partial charge on any atom is 0.0992 e. The predicted octanol–water partition coefficient (Wildman–Crippen LogP) is 4.51. The lowest BCUT2D eigenvalue weighted by atomic mass is 10.1. The van der Waals surface area contributed by atoms with Gasteiger partial charge in [0.05, 0.1) is 11.6 Å². The van der Waals surface area contributed by atoms with Gasteiger partial charge < -0.3 is 5.32 Å². The molecule has 0 amide bonds. The summed E-state index contributed by atoms with van der Waals surface area (Å²) in [4.78, 5) is 1.34. The molecule has 0 fully saturated rings. The van der Waals surface area contributed by atoms with Crippen molar-refractivity contribution in [2.45, 2.75) is 25.9 Å². The van der Waals surface area contributed by atoms with E-state index in [1.54, 1.807) is 23.5 Å². The SMILES string of the molecule is CCC(NCc1ccc(C#N)cc1Cl)c1cccs1. The largest absolute Gasteiger partial charge is 0.305 e. The maximum atomic E-state index is 8.81. The Morgan fingerprint density at radius 2 is 2.26 bits per heavy atom. The summed E-state index contributed by atoms with van der Waals surface area (Å²) in [6, 6.07) is 12.1. The molecule has 1 aromatic carbocycles. The number of hydrogen-bond donors (Lipinski definition) is 1. The molecule has 0 saturated heterocycles. The third kappa shape index (κ3) is 3.57. The standard InChI is InChI=1S/C15H15ClN2S/c1-2-14(15-4-3-7-19-15)18-10-12-6-5-11(9-17)8-13(12)16/h3-8,14,18H,2,10H2,1H3. The zero-order chi connectivity index (χ0) is 13.7. The van der Waals surface area contributed by atoms with Gasteiger partial charge in [-0.15, -0.1) is 11.3 Å². The van der Waals surface area contributed by atoms with Gasteiger partial charge in [0.15, 0.2) is 0 Å². The fraction of sp³-hybridized carbons (Fsp3) is 0.267. The van der Waals surface area contributed by atoms with Crippen LogP contribution in [0.4, 0.5) is 0 Å². The third-order valence-corrected chi connectivity index (χ3v) is 4.35. The molecule has 4 heteroatoms. The molecule has 2 aromatic rings. The van der Waals surface area contributed by atoms with Crippen molar-refractivity contribution in [3.05, 3.63) is 56.7 Å². The molecule has 0 aliphatic rings. The molecule has 2 rings (SSSR count). The molecule has 0 aliphatic carbocycles. The van der Waals surface area contributed by atoms with Gasteiger partial charge in [0.25, 0.3) is 0 Å². The van der Waals surface area contributed by atoms with Gasteiger partial charge in [-0.25, -0.2) is 0 Å². The summed E-state index contributed by atoms with van der Waals surface area (Å²) >= 11 is 7.93. The molecule has 1 N–H and O–H groups in total. The first kappa shape index (κ1) is 14.1. The van der Waals surface area contributed by atoms with Crippen LogP contribution in [0.5, 0.6) is 0 Å². The smallest absolute Gasteiger partial charge is 0.0992 e. The van der Waals surface area contributed by atoms with Crippen LogP contribution in [0.1, 0.15) is 35.4 Å². The molecule has 1 atom stereocenters. The van der Waals surface area contributed by atoms with Gasteiger partial charge in [-0.3, -0.25) is 0 Å². The predicted molar refractivity (Wildman–Crippen MR) is 80.4 cm³/mol. The quantitative estimate of drug-likeness (QED) is 0.879. The Bertz CT molecular complexity index is 572. The molecular weight excluding hydrogens is 276 g/mol. The average Bonchev–Trinajstić information content (AvgIpc) is 2.95. The summed E-state index contributed by atoms with van der Waals surface area (Å²) in [6.45, 7) is 2.87. The number of nitriles is 1. The summed E-state index contributed by atoms with van der Waals surface area (Å²) in [5.74, 6) is 0. The van der Waals surface area contributed by atoms with Crippen molar-refractivity contribution in [1.29, 1.82) is 5.26 Å². The molecule has 1 heterocycles. The van der Waals surface area contributed by atoms with E-state index in [2.05, 4.69) is 35.8 Å². The van der Waals surface area contributed by atoms with Crippen LogP contribution in [0.2, 0.25) is 5.02 Å². The monoisotopic (exact) mass is 290 g/mol. The summed E-state index contributed by atoms with van der Waals surface area (Å²) < 4.78 is 0. The molecule has 0 radical (unpaired) electrons. The second-order valence-corrected chi connectivity index (χ2v) is 5.66. The fourth-order valence-corrected chi connectivity index (χ4v) is 3.06. The van der Waals surface area contributed by atoms with Crippen LogP contribution >= 0.6 is 22.9 Å². The van der Waals surface area contributed by atoms with Crippen molar-refractivity contribution in [3.8, 4) is 6.07 Å². The molecule has 98 valence electrons. The highest BCUT2D eigenvalue weighted by Gasteiger charge is 2.10. The lowest BCUT2D eigenvalue weighted by Crippen LogP contribution is -2.19. The number of hydrogen-bond acceptors (Lipinski definition) is 3. The van der Waals surface area contributed by atoms with E-state index in [0.29, 0.717) is 23.2 Å². The van der Waals surface area contributed by atoms with Crippen LogP contribution < -0.4 is 5.32 Å². The first-order valence-corrected chi connectivity index (χ1v) is 7.45. The minimum Gasteiger partial charge on any atom is -0.305 e. The summed E-state index contributed by atoms with van der Waals surface area (Å²) in [5, 5.41) is 15.1. The Balaban J connectivity index is 2.04. The van der Waals surface area contributed by atoms with E-state index in [9.17, 15) is 0 Å². The van der Waals surface area contributed by atoms with Gasteiger partial charge in [-0.2, -0.15) is 5.26 Å². The number of nitrogens with one attached hydrogen (secondary N) is 1. The minimum absolute atomic E-state index is 0.353. The maximum absolute atomic E-state index is 8.81. The van der Waals surface area contributed by atoms with E-state index in [4.69, 9.17) is 16.9 Å². The highest BCUT2D eigenvalue weighted by Crippen LogP contribution is 2.23. The molecule has 1 unspecified atom stereocenters. The second-order valence-electron chi connectivity index (χ2n) is 4.28. The second kappa shape index (κ2) is 6.72. The van der Waals surface area contributed by atoms with E-state index < -0.39 is 0 Å². The van der Waals surface area contributed by atoms with Crippen molar-refractivity contribution in [3.63, 3.8) is 0 Å². The lowest BCUT2D eigenvalue weighted by Gasteiger charge is -2.16. The number of benzene rings is 1. The van der Waals surface area contributed by atoms with Gasteiger partial charge in [-0.05, 0) is 35.6 Å². The van der Waals surface area contributed by atoms with Gasteiger partial charge in [0.2, 0.25) is 0 Å². The van der Waals surface area contributed by atoms with Gasteiger partial charge in [-0.1, -0.05) is 30.7 Å². The zero-order valence-corrected chi connectivity index (χ0v) is 12.3. The van der Waals surface area contributed by atoms with Crippen LogP contribution in [-0.4, -0.2) is 0 Å². The molecule has 0 bridgehead atoms. The highest BCUT2D eigenvalue weighted by molar-refractivity contribution is 7.10. The third-order valence-electron chi connectivity index (χ3n) is 3.02. The van der Waals surface area contributed by atoms with E-state index in [1.807, 2.05) is 6.07 Å². The Hall–Kier alpha value is -1.34. The highest BCUT2D eigenvalue weighted by atomic mass is 35.5. The molecule has 19 heavy (non-hydrogen) atoms. The van der Waals surface area contributed by atoms with E-state index in [1.165, 1.54) is 4.88 Å². The Morgan fingerprint density at radius 3 is 2.84 bits per heavy atom. The number of halogens is 1. The van der Waals surface area contributed by atoms with Crippen molar-refractivity contribution in [2.24, 2.45) is 0 Å². The van der Waals surface area contributed by atoms with Crippen LogP contribution in [0.15, 0.2) is 35.7 Å². The van der Waals surface area contributed by atoms with Crippen molar-refractivity contribution >= 4 is 22.9 Å². The van der Waals surface area contributed by atoms with Crippen molar-refractivity contribution in [2.75, 3.05) is 0 Å². The molecule has 0 aliphatic heterocycles. The lowest BCUT2D eigenvalue weighted by molar-refractivity contribution is 0.526. The topological polar surface area (TPSA) is 35.8 Å². The first-order valence-electron chi connectivity index (χ1n) is 6.20. The molecular formula is C15H15ClN2S. The first-order chi connectivity index (χ1) is 9.24. The average molecular weight is 291 g/mol. The molecule has 2 nitrogen and oxygen atoms in total. The van der Waals surface area contributed by atoms with Gasteiger partial charge in [0.1, 0.15) is 0 Å². The number of thiophene rings is 1. The van der Waals surface area contributed by atoms with E-state index >= 15 is 0 Å². The Labute approximate surface area is 122 Å². The number of nitrogens with zero attached hydrogens (tertiary/aromatic N) is 1. The van der Waals surface area contributed by atoms with Crippen LogP contribution in [0.25, 0.3) is 0 Å². The zero-order valence-electron chi connectivity index (χ0n) is 10.7. The summed E-state index contributed by atoms with van der Waals surface area (Å²) in [5.41, 5.74) is 1.62. The molecule has 1 aromatic heterocycles. The van der Waals surface area contributed by atoms with Gasteiger partial charge >= 0.3 is 0 Å². The number of rotatable bonds is 5. The summed E-state index contributed by atoms with van der Waals surface area (Å²) in [7, 11) is 0. The van der Waals surface area contributed by atoms with E-state index in [-0.39, 0.29) is 0 Å². The van der Waals surface area contributed by atoms with Crippen molar-refractivity contribution in [1.82, 2.24) is 5.32 Å². The summed E-state index contributed by atoms with van der Waals surface area (Å²) in [6.07, 6.45) is 1.04. The van der Waals surface area contributed by atoms with Gasteiger partial charge in [0, 0.05) is 22.5 Å². The molecule has 0 spiro atoms. The van der Waals surface area contributed by atoms with Crippen LogP contribution in [0, 0.1) is 11.3 Å². The fourth-order valence-electron chi connectivity index (χ4n) is 1.93. The van der Waals surface area contributed by atoms with Crippen LogP contribution in [-0.2, 0) is 6.54 Å². The van der Waals surface area contributed by atoms with Crippen molar-refractivity contribution < 1.29 is 0 Å². The molecule has 0 saturated carbocycles. The Morgan fingerprint density at radius 1 is 1.42 bits per heavy atom. The van der Waals surface area contributed by atoms with E-state index in [0.717, 1.165) is 12.0 Å². The van der Waals surface area contributed by atoms with Crippen LogP contribution in [0.3, 0.4) is 0 Å².